The van der Waals surface area contributed by atoms with Gasteiger partial charge < -0.3 is 19.3 Å². The third kappa shape index (κ3) is 5.77. The van der Waals surface area contributed by atoms with Crippen LogP contribution in [-0.2, 0) is 10.0 Å². The molecule has 0 unspecified atom stereocenters. The number of halogens is 1. The SMILES string of the molecule is COc1ccc(Cl)c(Oc2ccc(C)c(S(=O)(=O)N(c3ccncn3)C(C)(C)C)c2OCCO)c1. The Morgan fingerprint density at radius 1 is 1.11 bits per heavy atom. The van der Waals surface area contributed by atoms with Crippen LogP contribution in [0.15, 0.2) is 53.8 Å². The normalized spacial score (nSPS) is 11.7. The van der Waals surface area contributed by atoms with Gasteiger partial charge in [-0.2, -0.15) is 0 Å². The van der Waals surface area contributed by atoms with Gasteiger partial charge in [-0.15, -0.1) is 0 Å². The van der Waals surface area contributed by atoms with Crippen LogP contribution in [0.1, 0.15) is 26.3 Å². The lowest BCUT2D eigenvalue weighted by atomic mass is 10.1. The molecule has 0 spiro atoms. The van der Waals surface area contributed by atoms with E-state index in [1.165, 1.54) is 30.0 Å². The summed E-state index contributed by atoms with van der Waals surface area (Å²) in [6, 6.07) is 9.57. The van der Waals surface area contributed by atoms with Crippen LogP contribution >= 0.6 is 11.6 Å². The Bertz CT molecular complexity index is 1280. The molecule has 0 aliphatic rings. The van der Waals surface area contributed by atoms with Crippen molar-refractivity contribution in [1.29, 1.82) is 0 Å². The molecule has 1 N–H and O–H groups in total. The number of hydrogen-bond acceptors (Lipinski definition) is 8. The molecular formula is C24H28ClN3O6S. The second kappa shape index (κ2) is 10.7. The maximum absolute atomic E-state index is 14.2. The minimum Gasteiger partial charge on any atom is -0.497 e. The van der Waals surface area contributed by atoms with E-state index in [-0.39, 0.29) is 41.2 Å². The van der Waals surface area contributed by atoms with E-state index in [9.17, 15) is 13.5 Å². The van der Waals surface area contributed by atoms with Crippen LogP contribution < -0.4 is 18.5 Å². The van der Waals surface area contributed by atoms with Gasteiger partial charge in [0.25, 0.3) is 10.0 Å². The molecule has 2 aromatic carbocycles. The predicted molar refractivity (Wildman–Crippen MR) is 133 cm³/mol. The van der Waals surface area contributed by atoms with Gasteiger partial charge in [-0.1, -0.05) is 17.7 Å². The number of ether oxygens (including phenoxy) is 3. The lowest BCUT2D eigenvalue weighted by Crippen LogP contribution is -2.46. The molecule has 3 aromatic rings. The van der Waals surface area contributed by atoms with Crippen molar-refractivity contribution in [1.82, 2.24) is 9.97 Å². The van der Waals surface area contributed by atoms with Crippen LogP contribution in [-0.4, -0.2) is 49.4 Å². The van der Waals surface area contributed by atoms with Crippen molar-refractivity contribution in [3.05, 3.63) is 59.5 Å². The zero-order valence-electron chi connectivity index (χ0n) is 20.1. The summed E-state index contributed by atoms with van der Waals surface area (Å²) in [7, 11) is -2.74. The molecule has 188 valence electrons. The van der Waals surface area contributed by atoms with E-state index in [1.54, 1.807) is 58.0 Å². The van der Waals surface area contributed by atoms with Gasteiger partial charge in [0, 0.05) is 23.9 Å². The number of rotatable bonds is 9. The molecule has 0 amide bonds. The second-order valence-electron chi connectivity index (χ2n) is 8.52. The van der Waals surface area contributed by atoms with E-state index >= 15 is 0 Å². The number of aromatic nitrogens is 2. The predicted octanol–water partition coefficient (Wildman–Crippen LogP) is 4.60. The topological polar surface area (TPSA) is 111 Å². The molecule has 0 fully saturated rings. The summed E-state index contributed by atoms with van der Waals surface area (Å²) in [4.78, 5) is 7.95. The number of nitrogens with zero attached hydrogens (tertiary/aromatic N) is 3. The standard InChI is InChI=1S/C24H28ClN3O6S/c1-16-6-9-19(34-20-14-17(32-5)7-8-18(20)25)22(33-13-12-29)23(16)35(30,31)28(24(2,3)4)21-10-11-26-15-27-21/h6-11,14-15,29H,12-13H2,1-5H3. The summed E-state index contributed by atoms with van der Waals surface area (Å²) >= 11 is 6.31. The van der Waals surface area contributed by atoms with Crippen molar-refractivity contribution in [3.8, 4) is 23.0 Å². The lowest BCUT2D eigenvalue weighted by molar-refractivity contribution is 0.194. The van der Waals surface area contributed by atoms with Crippen molar-refractivity contribution < 1.29 is 27.7 Å². The lowest BCUT2D eigenvalue weighted by Gasteiger charge is -2.36. The number of anilines is 1. The fourth-order valence-electron chi connectivity index (χ4n) is 3.46. The van der Waals surface area contributed by atoms with E-state index in [0.717, 1.165) is 0 Å². The van der Waals surface area contributed by atoms with Gasteiger partial charge in [0.15, 0.2) is 11.5 Å². The minimum absolute atomic E-state index is 0.0544. The average Bonchev–Trinajstić information content (AvgIpc) is 2.79. The van der Waals surface area contributed by atoms with Crippen LogP contribution in [0.2, 0.25) is 5.02 Å². The minimum atomic E-state index is -4.24. The summed E-state index contributed by atoms with van der Waals surface area (Å²) in [5.41, 5.74) is -0.466. The zero-order chi connectivity index (χ0) is 25.8. The molecule has 35 heavy (non-hydrogen) atoms. The highest BCUT2D eigenvalue weighted by atomic mass is 35.5. The molecule has 3 rings (SSSR count). The van der Waals surface area contributed by atoms with E-state index < -0.39 is 15.6 Å². The third-order valence-corrected chi connectivity index (χ3v) is 7.40. The van der Waals surface area contributed by atoms with E-state index in [1.807, 2.05) is 0 Å². The molecule has 1 aromatic heterocycles. The summed E-state index contributed by atoms with van der Waals surface area (Å²) < 4.78 is 46.6. The first-order chi connectivity index (χ1) is 16.5. The Hall–Kier alpha value is -3.08. The van der Waals surface area contributed by atoms with Crippen molar-refractivity contribution >= 4 is 27.4 Å². The maximum atomic E-state index is 14.2. The Balaban J connectivity index is 2.24. The molecule has 11 heteroatoms. The Morgan fingerprint density at radius 2 is 1.86 bits per heavy atom. The zero-order valence-corrected chi connectivity index (χ0v) is 21.7. The second-order valence-corrected chi connectivity index (χ2v) is 10.6. The number of hydrogen-bond donors (Lipinski definition) is 1. The first-order valence-electron chi connectivity index (χ1n) is 10.7. The van der Waals surface area contributed by atoms with Crippen LogP contribution in [0.25, 0.3) is 0 Å². The van der Waals surface area contributed by atoms with Crippen LogP contribution in [0.3, 0.4) is 0 Å². The first-order valence-corrected chi connectivity index (χ1v) is 12.5. The Labute approximate surface area is 210 Å². The van der Waals surface area contributed by atoms with Crippen LogP contribution in [0.5, 0.6) is 23.0 Å². The number of methoxy groups -OCH3 is 1. The summed E-state index contributed by atoms with van der Waals surface area (Å²) in [6.07, 6.45) is 2.75. The number of sulfonamides is 1. The fraction of sp³-hybridized carbons (Fsp3) is 0.333. The number of benzene rings is 2. The van der Waals surface area contributed by atoms with Crippen LogP contribution in [0.4, 0.5) is 5.82 Å². The quantitative estimate of drug-likeness (QED) is 0.434. The third-order valence-electron chi connectivity index (χ3n) is 4.85. The van der Waals surface area contributed by atoms with E-state index in [0.29, 0.717) is 16.3 Å². The highest BCUT2D eigenvalue weighted by Gasteiger charge is 2.39. The smallest absolute Gasteiger partial charge is 0.270 e. The van der Waals surface area contributed by atoms with E-state index in [2.05, 4.69) is 9.97 Å². The van der Waals surface area contributed by atoms with Crippen molar-refractivity contribution in [2.24, 2.45) is 0 Å². The summed E-state index contributed by atoms with van der Waals surface area (Å²) in [5.74, 6) is 0.998. The van der Waals surface area contributed by atoms with Gasteiger partial charge >= 0.3 is 0 Å². The molecular weight excluding hydrogens is 494 g/mol. The van der Waals surface area contributed by atoms with Gasteiger partial charge in [-0.25, -0.2) is 22.7 Å². The molecule has 0 saturated heterocycles. The largest absolute Gasteiger partial charge is 0.497 e. The highest BCUT2D eigenvalue weighted by Crippen LogP contribution is 2.44. The fourth-order valence-corrected chi connectivity index (χ4v) is 5.74. The molecule has 1 heterocycles. The average molecular weight is 522 g/mol. The Kier molecular flexibility index (Phi) is 8.09. The van der Waals surface area contributed by atoms with Gasteiger partial charge in [-0.3, -0.25) is 0 Å². The Morgan fingerprint density at radius 3 is 2.46 bits per heavy atom. The van der Waals surface area contributed by atoms with Gasteiger partial charge in [0.2, 0.25) is 0 Å². The van der Waals surface area contributed by atoms with Gasteiger partial charge in [0.05, 0.1) is 18.7 Å². The highest BCUT2D eigenvalue weighted by molar-refractivity contribution is 7.93. The van der Waals surface area contributed by atoms with E-state index in [4.69, 9.17) is 25.8 Å². The molecule has 0 aliphatic heterocycles. The summed E-state index contributed by atoms with van der Waals surface area (Å²) in [6.45, 7) is 6.44. The van der Waals surface area contributed by atoms with Crippen molar-refractivity contribution in [2.75, 3.05) is 24.6 Å². The number of aliphatic hydroxyl groups excluding tert-OH is 1. The number of aryl methyl sites for hydroxylation is 1. The first kappa shape index (κ1) is 26.5. The molecule has 0 saturated carbocycles. The molecule has 0 bridgehead atoms. The van der Waals surface area contributed by atoms with Crippen molar-refractivity contribution in [2.45, 2.75) is 38.1 Å². The van der Waals surface area contributed by atoms with Gasteiger partial charge in [-0.05, 0) is 51.5 Å². The molecule has 9 nitrogen and oxygen atoms in total. The molecule has 0 atom stereocenters. The number of aliphatic hydroxyl groups is 1. The van der Waals surface area contributed by atoms with Crippen LogP contribution in [0, 0.1) is 6.92 Å². The summed E-state index contributed by atoms with van der Waals surface area (Å²) in [5, 5.41) is 9.71. The van der Waals surface area contributed by atoms with Gasteiger partial charge in [0.1, 0.15) is 35.1 Å². The van der Waals surface area contributed by atoms with Crippen molar-refractivity contribution in [3.63, 3.8) is 0 Å². The monoisotopic (exact) mass is 521 g/mol. The molecule has 0 radical (unpaired) electrons. The molecule has 0 aliphatic carbocycles. The maximum Gasteiger partial charge on any atom is 0.270 e.